The second kappa shape index (κ2) is 5.34. The van der Waals surface area contributed by atoms with Crippen LogP contribution >= 0.6 is 12.2 Å². The Bertz CT molecular complexity index is 461. The Morgan fingerprint density at radius 2 is 1.71 bits per heavy atom. The van der Waals surface area contributed by atoms with Crippen molar-refractivity contribution in [1.82, 2.24) is 4.90 Å². The van der Waals surface area contributed by atoms with Crippen molar-refractivity contribution < 1.29 is 9.59 Å². The maximum Gasteiger partial charge on any atom is 0.233 e. The van der Waals surface area contributed by atoms with Crippen molar-refractivity contribution >= 4 is 29.0 Å². The monoisotopic (exact) mass is 308 g/mol. The smallest absolute Gasteiger partial charge is 0.233 e. The molecule has 0 bridgehead atoms. The minimum atomic E-state index is -0.681. The predicted molar refractivity (Wildman–Crippen MR) is 84.4 cm³/mol. The Morgan fingerprint density at radius 1 is 1.19 bits per heavy atom. The molecule has 0 aromatic rings. The lowest BCUT2D eigenvalue weighted by molar-refractivity contribution is -0.146. The molecule has 0 radical (unpaired) electrons. The van der Waals surface area contributed by atoms with E-state index in [9.17, 15) is 9.59 Å². The largest absolute Gasteiger partial charge is 0.391 e. The first-order valence-electron chi connectivity index (χ1n) is 8.19. The first-order chi connectivity index (χ1) is 10.0. The van der Waals surface area contributed by atoms with Gasteiger partial charge < -0.3 is 5.73 Å². The van der Waals surface area contributed by atoms with Crippen molar-refractivity contribution in [2.75, 3.05) is 0 Å². The fraction of sp³-hybridized carbons (Fsp3) is 0.812. The van der Waals surface area contributed by atoms with Gasteiger partial charge in [0.05, 0.1) is 16.8 Å². The molecule has 21 heavy (non-hydrogen) atoms. The molecule has 2 N–H and O–H groups in total. The van der Waals surface area contributed by atoms with E-state index >= 15 is 0 Å². The van der Waals surface area contributed by atoms with E-state index in [0.29, 0.717) is 10.9 Å². The number of likely N-dealkylation sites (tertiary alicyclic amines) is 1. The average molecular weight is 308 g/mol. The summed E-state index contributed by atoms with van der Waals surface area (Å²) in [6, 6.07) is 0. The molecule has 0 aromatic heterocycles. The average Bonchev–Trinajstić information content (AvgIpc) is 3.04. The molecular weight excluding hydrogens is 284 g/mol. The molecule has 2 saturated carbocycles. The summed E-state index contributed by atoms with van der Waals surface area (Å²) in [5.41, 5.74) is 5.35. The van der Waals surface area contributed by atoms with Gasteiger partial charge in [0.15, 0.2) is 0 Å². The molecule has 2 amide bonds. The third kappa shape index (κ3) is 2.12. The fourth-order valence-corrected chi connectivity index (χ4v) is 4.85. The van der Waals surface area contributed by atoms with Gasteiger partial charge in [-0.05, 0) is 44.4 Å². The van der Waals surface area contributed by atoms with E-state index in [-0.39, 0.29) is 23.7 Å². The van der Waals surface area contributed by atoms with Crippen LogP contribution in [-0.2, 0) is 9.59 Å². The Hall–Kier alpha value is -0.970. The van der Waals surface area contributed by atoms with Crippen LogP contribution in [0.5, 0.6) is 0 Å². The van der Waals surface area contributed by atoms with E-state index in [1.165, 1.54) is 4.90 Å². The highest BCUT2D eigenvalue weighted by molar-refractivity contribution is 7.80. The van der Waals surface area contributed by atoms with Gasteiger partial charge in [-0.15, -0.1) is 0 Å². The van der Waals surface area contributed by atoms with Crippen LogP contribution in [-0.4, -0.2) is 27.2 Å². The lowest BCUT2D eigenvalue weighted by Gasteiger charge is -2.45. The number of hydrogen-bond donors (Lipinski definition) is 1. The maximum atomic E-state index is 12.7. The minimum absolute atomic E-state index is 0.00903. The van der Waals surface area contributed by atoms with Crippen molar-refractivity contribution in [3.8, 4) is 0 Å². The summed E-state index contributed by atoms with van der Waals surface area (Å²) in [4.78, 5) is 27.3. The maximum absolute atomic E-state index is 12.7. The zero-order valence-electron chi connectivity index (χ0n) is 12.6. The predicted octanol–water partition coefficient (Wildman–Crippen LogP) is 2.40. The van der Waals surface area contributed by atoms with Crippen LogP contribution in [0.1, 0.15) is 58.3 Å². The summed E-state index contributed by atoms with van der Waals surface area (Å²) in [7, 11) is 0. The molecule has 2 unspecified atom stereocenters. The Labute approximate surface area is 131 Å². The Kier molecular flexibility index (Phi) is 3.80. The third-order valence-corrected chi connectivity index (χ3v) is 6.37. The molecule has 3 rings (SSSR count). The molecule has 5 heteroatoms. The van der Waals surface area contributed by atoms with Gasteiger partial charge in [0.25, 0.3) is 0 Å². The molecule has 1 heterocycles. The molecule has 116 valence electrons. The zero-order valence-corrected chi connectivity index (χ0v) is 13.5. The van der Waals surface area contributed by atoms with Crippen LogP contribution in [0.3, 0.4) is 0 Å². The van der Waals surface area contributed by atoms with Gasteiger partial charge >= 0.3 is 0 Å². The van der Waals surface area contributed by atoms with Crippen LogP contribution in [0.2, 0.25) is 0 Å². The van der Waals surface area contributed by atoms with E-state index < -0.39 is 5.54 Å². The van der Waals surface area contributed by atoms with Gasteiger partial charge in [-0.2, -0.15) is 0 Å². The van der Waals surface area contributed by atoms with Gasteiger partial charge in [-0.25, -0.2) is 0 Å². The molecule has 2 aliphatic carbocycles. The molecule has 0 aromatic carbocycles. The highest BCUT2D eigenvalue weighted by Gasteiger charge is 2.58. The van der Waals surface area contributed by atoms with Gasteiger partial charge in [0.2, 0.25) is 11.8 Å². The van der Waals surface area contributed by atoms with Gasteiger partial charge in [0, 0.05) is 0 Å². The van der Waals surface area contributed by atoms with E-state index in [1.807, 2.05) is 0 Å². The molecule has 3 fully saturated rings. The lowest BCUT2D eigenvalue weighted by Crippen LogP contribution is -2.61. The summed E-state index contributed by atoms with van der Waals surface area (Å²) < 4.78 is 0. The van der Waals surface area contributed by atoms with Gasteiger partial charge in [-0.3, -0.25) is 14.5 Å². The topological polar surface area (TPSA) is 63.4 Å². The number of nitrogens with two attached hydrogens (primary N) is 1. The second-order valence-electron chi connectivity index (χ2n) is 6.90. The highest BCUT2D eigenvalue weighted by Crippen LogP contribution is 2.47. The number of imide groups is 1. The molecule has 0 spiro atoms. The van der Waals surface area contributed by atoms with Crippen molar-refractivity contribution in [3.05, 3.63) is 0 Å². The minimum Gasteiger partial charge on any atom is -0.391 e. The zero-order chi connectivity index (χ0) is 15.2. The standard InChI is InChI=1S/C16H24N2O2S/c1-2-10-6-8-16(9-7-10,15(17)21)18-13(19)11-4-3-5-12(11)14(18)20/h10-12H,2-9H2,1H3,(H2,17,21). The molecule has 3 aliphatic rings. The molecule has 4 nitrogen and oxygen atoms in total. The first-order valence-corrected chi connectivity index (χ1v) is 8.60. The van der Waals surface area contributed by atoms with Crippen LogP contribution in [0.4, 0.5) is 0 Å². The van der Waals surface area contributed by atoms with Crippen LogP contribution in [0.15, 0.2) is 0 Å². The first kappa shape index (κ1) is 14.9. The number of thiocarbonyl (C=S) groups is 1. The van der Waals surface area contributed by atoms with Crippen molar-refractivity contribution in [2.24, 2.45) is 23.5 Å². The van der Waals surface area contributed by atoms with E-state index in [4.69, 9.17) is 18.0 Å². The lowest BCUT2D eigenvalue weighted by atomic mass is 9.74. The van der Waals surface area contributed by atoms with Gasteiger partial charge in [0.1, 0.15) is 5.54 Å². The number of carbonyl (C=O) groups excluding carboxylic acids is 2. The SMILES string of the molecule is CCC1CCC(C(N)=S)(N2C(=O)C3CCCC3C2=O)CC1. The summed E-state index contributed by atoms with van der Waals surface area (Å²) in [6.45, 7) is 2.19. The number of nitrogens with zero attached hydrogens (tertiary/aromatic N) is 1. The van der Waals surface area contributed by atoms with E-state index in [2.05, 4.69) is 6.92 Å². The number of carbonyl (C=O) groups is 2. The summed E-state index contributed by atoms with van der Waals surface area (Å²) >= 11 is 5.31. The van der Waals surface area contributed by atoms with Crippen LogP contribution in [0, 0.1) is 17.8 Å². The Morgan fingerprint density at radius 3 is 2.14 bits per heavy atom. The van der Waals surface area contributed by atoms with Crippen molar-refractivity contribution in [3.63, 3.8) is 0 Å². The molecular formula is C16H24N2O2S. The molecule has 1 saturated heterocycles. The molecule has 2 atom stereocenters. The van der Waals surface area contributed by atoms with Crippen molar-refractivity contribution in [1.29, 1.82) is 0 Å². The van der Waals surface area contributed by atoms with Crippen LogP contribution < -0.4 is 5.73 Å². The number of hydrogen-bond acceptors (Lipinski definition) is 3. The second-order valence-corrected chi connectivity index (χ2v) is 7.34. The van der Waals surface area contributed by atoms with Gasteiger partial charge in [-0.1, -0.05) is 32.0 Å². The summed E-state index contributed by atoms with van der Waals surface area (Å²) in [5.74, 6) is 0.440. The van der Waals surface area contributed by atoms with Crippen LogP contribution in [0.25, 0.3) is 0 Å². The summed E-state index contributed by atoms with van der Waals surface area (Å²) in [6.07, 6.45) is 7.31. The fourth-order valence-electron chi connectivity index (χ4n) is 4.56. The third-order valence-electron chi connectivity index (χ3n) is 5.99. The van der Waals surface area contributed by atoms with E-state index in [1.54, 1.807) is 0 Å². The quantitative estimate of drug-likeness (QED) is 0.642. The normalized spacial score (nSPS) is 39.7. The van der Waals surface area contributed by atoms with E-state index in [0.717, 1.165) is 51.4 Å². The number of fused-ring (bicyclic) bond motifs is 1. The summed E-state index contributed by atoms with van der Waals surface area (Å²) in [5, 5.41) is 0. The van der Waals surface area contributed by atoms with Crippen molar-refractivity contribution in [2.45, 2.75) is 63.8 Å². The number of rotatable bonds is 3. The number of amides is 2. The Balaban J connectivity index is 1.90. The highest BCUT2D eigenvalue weighted by atomic mass is 32.1. The molecule has 1 aliphatic heterocycles.